The third-order valence-corrected chi connectivity index (χ3v) is 4.23. The lowest BCUT2D eigenvalue weighted by Crippen LogP contribution is -2.42. The second-order valence-electron chi connectivity index (χ2n) is 4.64. The van der Waals surface area contributed by atoms with Gasteiger partial charge in [0.2, 0.25) is 0 Å². The van der Waals surface area contributed by atoms with Gasteiger partial charge in [-0.15, -0.1) is 11.8 Å². The van der Waals surface area contributed by atoms with Crippen LogP contribution in [0.5, 0.6) is 0 Å². The molecule has 0 heterocycles. The van der Waals surface area contributed by atoms with Crippen molar-refractivity contribution in [3.05, 3.63) is 29.8 Å². The monoisotopic (exact) mass is 253 g/mol. The maximum Gasteiger partial charge on any atom is 0.0611 e. The molecule has 0 saturated heterocycles. The Labute approximate surface area is 109 Å². The zero-order chi connectivity index (χ0) is 12.7. The summed E-state index contributed by atoms with van der Waals surface area (Å²) in [5.41, 5.74) is 6.95. The molecule has 0 radical (unpaired) electrons. The third kappa shape index (κ3) is 5.11. The van der Waals surface area contributed by atoms with Crippen molar-refractivity contribution in [1.29, 1.82) is 0 Å². The van der Waals surface area contributed by atoms with Gasteiger partial charge in [-0.25, -0.2) is 0 Å². The van der Waals surface area contributed by atoms with E-state index in [1.165, 1.54) is 10.5 Å². The Hall–Kier alpha value is -0.510. The molecule has 0 aliphatic heterocycles. The number of aryl methyl sites for hydroxylation is 1. The molecule has 1 aromatic carbocycles. The second kappa shape index (κ2) is 7.04. The predicted octanol–water partition coefficient (Wildman–Crippen LogP) is 2.97. The fourth-order valence-electron chi connectivity index (χ4n) is 1.62. The van der Waals surface area contributed by atoms with Gasteiger partial charge in [-0.2, -0.15) is 0 Å². The van der Waals surface area contributed by atoms with Crippen LogP contribution in [0.4, 0.5) is 0 Å². The highest BCUT2D eigenvalue weighted by Crippen LogP contribution is 2.22. The summed E-state index contributed by atoms with van der Waals surface area (Å²) in [5.74, 6) is 1.06. The first-order valence-corrected chi connectivity index (χ1v) is 7.17. The smallest absolute Gasteiger partial charge is 0.0611 e. The molecule has 0 aromatic heterocycles. The van der Waals surface area contributed by atoms with Crippen LogP contribution in [0.15, 0.2) is 29.2 Å². The molecule has 3 N–H and O–H groups in total. The number of hydrogen-bond acceptors (Lipinski definition) is 3. The molecular formula is C14H23NOS. The van der Waals surface area contributed by atoms with Crippen LogP contribution in [0, 0.1) is 6.92 Å². The van der Waals surface area contributed by atoms with Crippen LogP contribution >= 0.6 is 11.8 Å². The molecule has 0 fully saturated rings. The topological polar surface area (TPSA) is 46.2 Å². The fraction of sp³-hybridized carbons (Fsp3) is 0.571. The van der Waals surface area contributed by atoms with Crippen LogP contribution in [-0.2, 0) is 0 Å². The van der Waals surface area contributed by atoms with Crippen LogP contribution in [0.3, 0.4) is 0 Å². The van der Waals surface area contributed by atoms with Gasteiger partial charge in [0.05, 0.1) is 6.61 Å². The Kier molecular flexibility index (Phi) is 6.03. The van der Waals surface area contributed by atoms with Gasteiger partial charge < -0.3 is 10.8 Å². The molecule has 1 aromatic rings. The van der Waals surface area contributed by atoms with Gasteiger partial charge in [-0.1, -0.05) is 24.6 Å². The summed E-state index contributed by atoms with van der Waals surface area (Å²) in [4.78, 5) is 1.30. The van der Waals surface area contributed by atoms with E-state index in [0.29, 0.717) is 0 Å². The molecule has 1 atom stereocenters. The molecule has 0 saturated carbocycles. The summed E-state index contributed by atoms with van der Waals surface area (Å²) in [6, 6.07) is 8.58. The number of benzene rings is 1. The van der Waals surface area contributed by atoms with E-state index in [-0.39, 0.29) is 12.1 Å². The highest BCUT2D eigenvalue weighted by molar-refractivity contribution is 7.99. The number of nitrogens with two attached hydrogens (primary N) is 1. The molecule has 96 valence electrons. The summed E-state index contributed by atoms with van der Waals surface area (Å²) >= 11 is 1.85. The molecule has 2 nitrogen and oxygen atoms in total. The Morgan fingerprint density at radius 3 is 2.47 bits per heavy atom. The van der Waals surface area contributed by atoms with Gasteiger partial charge in [0.15, 0.2) is 0 Å². The van der Waals surface area contributed by atoms with E-state index in [2.05, 4.69) is 31.2 Å². The molecule has 17 heavy (non-hydrogen) atoms. The van der Waals surface area contributed by atoms with Gasteiger partial charge in [-0.3, -0.25) is 0 Å². The third-order valence-electron chi connectivity index (χ3n) is 3.13. The first-order chi connectivity index (χ1) is 8.09. The van der Waals surface area contributed by atoms with E-state index in [9.17, 15) is 5.11 Å². The summed E-state index contributed by atoms with van der Waals surface area (Å²) in [6.07, 6.45) is 2.76. The zero-order valence-electron chi connectivity index (χ0n) is 10.8. The first kappa shape index (κ1) is 14.6. The molecule has 0 aliphatic rings. The van der Waals surface area contributed by atoms with Crippen molar-refractivity contribution < 1.29 is 5.11 Å². The first-order valence-electron chi connectivity index (χ1n) is 6.19. The van der Waals surface area contributed by atoms with E-state index in [0.717, 1.165) is 25.0 Å². The molecule has 0 spiro atoms. The normalized spacial score (nSPS) is 14.6. The second-order valence-corrected chi connectivity index (χ2v) is 5.81. The van der Waals surface area contributed by atoms with Gasteiger partial charge in [0.1, 0.15) is 0 Å². The predicted molar refractivity (Wildman–Crippen MR) is 75.4 cm³/mol. The Balaban J connectivity index is 2.26. The van der Waals surface area contributed by atoms with Gasteiger partial charge in [-0.05, 0) is 44.1 Å². The van der Waals surface area contributed by atoms with E-state index in [4.69, 9.17) is 5.73 Å². The lowest BCUT2D eigenvalue weighted by Gasteiger charge is -2.25. The van der Waals surface area contributed by atoms with Gasteiger partial charge in [0.25, 0.3) is 0 Å². The summed E-state index contributed by atoms with van der Waals surface area (Å²) in [5, 5.41) is 9.20. The van der Waals surface area contributed by atoms with Crippen molar-refractivity contribution in [1.82, 2.24) is 0 Å². The standard InChI is InChI=1S/C14H23NOS/c1-3-14(15,11-16)9-4-10-17-13-7-5-12(2)6-8-13/h5-8,16H,3-4,9-11,15H2,1-2H3. The van der Waals surface area contributed by atoms with Crippen LogP contribution in [0.25, 0.3) is 0 Å². The minimum atomic E-state index is -0.381. The number of hydrogen-bond donors (Lipinski definition) is 2. The molecule has 0 aliphatic carbocycles. The quantitative estimate of drug-likeness (QED) is 0.580. The van der Waals surface area contributed by atoms with Crippen molar-refractivity contribution in [2.24, 2.45) is 5.73 Å². The lowest BCUT2D eigenvalue weighted by atomic mass is 9.93. The molecule has 0 amide bonds. The molecule has 1 unspecified atom stereocenters. The van der Waals surface area contributed by atoms with E-state index < -0.39 is 0 Å². The lowest BCUT2D eigenvalue weighted by molar-refractivity contribution is 0.182. The number of thioether (sulfide) groups is 1. The van der Waals surface area contributed by atoms with Crippen molar-refractivity contribution in [3.63, 3.8) is 0 Å². The minimum absolute atomic E-state index is 0.0820. The van der Waals surface area contributed by atoms with Crippen molar-refractivity contribution in [2.45, 2.75) is 43.5 Å². The van der Waals surface area contributed by atoms with Crippen LogP contribution < -0.4 is 5.73 Å². The van der Waals surface area contributed by atoms with Crippen LogP contribution in [0.1, 0.15) is 31.7 Å². The average Bonchev–Trinajstić information content (AvgIpc) is 2.36. The van der Waals surface area contributed by atoms with Crippen LogP contribution in [0.2, 0.25) is 0 Å². The average molecular weight is 253 g/mol. The Morgan fingerprint density at radius 1 is 1.29 bits per heavy atom. The number of aliphatic hydroxyl groups is 1. The van der Waals surface area contributed by atoms with Gasteiger partial charge in [0, 0.05) is 10.4 Å². The van der Waals surface area contributed by atoms with E-state index >= 15 is 0 Å². The maximum absolute atomic E-state index is 9.20. The number of aliphatic hydroxyl groups excluding tert-OH is 1. The molecule has 1 rings (SSSR count). The summed E-state index contributed by atoms with van der Waals surface area (Å²) < 4.78 is 0. The molecule has 0 bridgehead atoms. The number of rotatable bonds is 7. The van der Waals surface area contributed by atoms with Crippen molar-refractivity contribution >= 4 is 11.8 Å². The van der Waals surface area contributed by atoms with E-state index in [1.54, 1.807) is 0 Å². The minimum Gasteiger partial charge on any atom is -0.394 e. The maximum atomic E-state index is 9.20. The SMILES string of the molecule is CCC(N)(CO)CCCSc1ccc(C)cc1. The summed E-state index contributed by atoms with van der Waals surface area (Å²) in [6.45, 7) is 4.21. The van der Waals surface area contributed by atoms with E-state index in [1.807, 2.05) is 18.7 Å². The highest BCUT2D eigenvalue weighted by Gasteiger charge is 2.20. The Morgan fingerprint density at radius 2 is 1.94 bits per heavy atom. The fourth-order valence-corrected chi connectivity index (χ4v) is 2.47. The molecular weight excluding hydrogens is 230 g/mol. The largest absolute Gasteiger partial charge is 0.394 e. The molecule has 3 heteroatoms. The Bertz CT molecular complexity index is 319. The van der Waals surface area contributed by atoms with Crippen molar-refractivity contribution in [2.75, 3.05) is 12.4 Å². The summed E-state index contributed by atoms with van der Waals surface area (Å²) in [7, 11) is 0. The zero-order valence-corrected chi connectivity index (χ0v) is 11.6. The van der Waals surface area contributed by atoms with Gasteiger partial charge >= 0.3 is 0 Å². The highest BCUT2D eigenvalue weighted by atomic mass is 32.2. The van der Waals surface area contributed by atoms with Crippen molar-refractivity contribution in [3.8, 4) is 0 Å². The van der Waals surface area contributed by atoms with Crippen LogP contribution in [-0.4, -0.2) is 23.0 Å².